The number of unbranched alkanes of at least 4 members (excludes halogenated alkanes) is 1. The number of carbonyl (C=O) groups is 1. The molecule has 2 aromatic rings. The van der Waals surface area contributed by atoms with Crippen LogP contribution in [0.4, 0.5) is 5.82 Å². The minimum Gasteiger partial charge on any atom is -0.455 e. The van der Waals surface area contributed by atoms with Crippen LogP contribution in [0, 0.1) is 0 Å². The molecule has 0 amide bonds. The molecule has 19 heteroatoms. The van der Waals surface area contributed by atoms with Crippen molar-refractivity contribution in [3.8, 4) is 0 Å². The van der Waals surface area contributed by atoms with E-state index in [1.165, 1.54) is 17.2 Å². The third-order valence-corrected chi connectivity index (χ3v) is 6.44. The van der Waals surface area contributed by atoms with Crippen LogP contribution in [-0.4, -0.2) is 100 Å². The number of esters is 1. The molecule has 1 saturated heterocycles. The van der Waals surface area contributed by atoms with Crippen molar-refractivity contribution in [1.29, 1.82) is 0 Å². The number of aromatic nitrogens is 4. The lowest BCUT2D eigenvalue weighted by Gasteiger charge is -2.33. The molecule has 0 saturated carbocycles. The van der Waals surface area contributed by atoms with E-state index in [9.17, 15) is 21.6 Å². The molecule has 1 fully saturated rings. The van der Waals surface area contributed by atoms with Gasteiger partial charge in [0.2, 0.25) is 5.82 Å². The number of carbonyl (C=O) groups excluding carboxylic acids is 1. The minimum absolute atomic E-state index is 0.0427. The van der Waals surface area contributed by atoms with E-state index in [2.05, 4.69) is 25.1 Å². The van der Waals surface area contributed by atoms with Crippen molar-refractivity contribution in [2.45, 2.75) is 50.7 Å². The molecular formula is C19H27BN6O10S2. The van der Waals surface area contributed by atoms with Crippen LogP contribution in [0.1, 0.15) is 32.9 Å². The first-order valence-corrected chi connectivity index (χ1v) is 14.9. The van der Waals surface area contributed by atoms with Gasteiger partial charge in [0.25, 0.3) is 28.2 Å². The molecule has 16 nitrogen and oxygen atoms in total. The topological polar surface area (TPSA) is 200 Å². The number of hydrogen-bond acceptors (Lipinski definition) is 15. The van der Waals surface area contributed by atoms with Crippen molar-refractivity contribution in [3.05, 3.63) is 12.7 Å². The maximum Gasteiger partial charge on any atom is 0.303 e. The highest BCUT2D eigenvalue weighted by Gasteiger charge is 2.60. The van der Waals surface area contributed by atoms with E-state index in [0.717, 1.165) is 25.9 Å². The van der Waals surface area contributed by atoms with Gasteiger partial charge >= 0.3 is 5.97 Å². The fourth-order valence-corrected chi connectivity index (χ4v) is 4.62. The number of hydrogen-bond donors (Lipinski definition) is 0. The van der Waals surface area contributed by atoms with Gasteiger partial charge in [-0.05, 0) is 6.42 Å². The van der Waals surface area contributed by atoms with Crippen LogP contribution in [0.15, 0.2) is 22.8 Å². The highest BCUT2D eigenvalue weighted by Crippen LogP contribution is 2.43. The van der Waals surface area contributed by atoms with Crippen LogP contribution >= 0.6 is 0 Å². The Morgan fingerprint density at radius 1 is 1.16 bits per heavy atom. The number of ether oxygens (including phenoxy) is 3. The molecule has 0 bridgehead atoms. The van der Waals surface area contributed by atoms with E-state index < -0.39 is 63.5 Å². The van der Waals surface area contributed by atoms with E-state index in [4.69, 9.17) is 30.6 Å². The summed E-state index contributed by atoms with van der Waals surface area (Å²) in [5, 5.41) is 6.91. The van der Waals surface area contributed by atoms with Crippen LogP contribution in [0.5, 0.6) is 0 Å². The zero-order valence-corrected chi connectivity index (χ0v) is 22.7. The quantitative estimate of drug-likeness (QED) is 0.104. The minimum atomic E-state index is -4.03. The summed E-state index contributed by atoms with van der Waals surface area (Å²) in [6.45, 7) is 1.78. The summed E-state index contributed by atoms with van der Waals surface area (Å²) in [4.78, 5) is 24.5. The lowest BCUT2D eigenvalue weighted by molar-refractivity contribution is -0.158. The number of fused-ring (bicyclic) bond motifs is 1. The Morgan fingerprint density at radius 3 is 2.37 bits per heavy atom. The molecule has 1 unspecified atom stereocenters. The maximum atomic E-state index is 12.2. The highest BCUT2D eigenvalue weighted by molar-refractivity contribution is 7.86. The van der Waals surface area contributed by atoms with Gasteiger partial charge in [0, 0.05) is 13.5 Å². The Labute approximate surface area is 220 Å². The summed E-state index contributed by atoms with van der Waals surface area (Å²) in [6, 6.07) is 0. The third-order valence-electron chi connectivity index (χ3n) is 5.35. The summed E-state index contributed by atoms with van der Waals surface area (Å²) in [6.07, 6.45) is 1.68. The molecular weight excluding hydrogens is 547 g/mol. The van der Waals surface area contributed by atoms with Gasteiger partial charge < -0.3 is 14.2 Å². The second-order valence-electron chi connectivity index (χ2n) is 8.46. The Bertz CT molecular complexity index is 1350. The van der Waals surface area contributed by atoms with Crippen molar-refractivity contribution < 1.29 is 44.2 Å². The predicted octanol–water partition coefficient (Wildman–Crippen LogP) is 0.331. The number of rotatable bonds is 13. The number of imidazole rings is 1. The molecule has 3 heterocycles. The zero-order valence-electron chi connectivity index (χ0n) is 21.1. The molecule has 1 aliphatic rings. The zero-order chi connectivity index (χ0) is 28.1. The normalized spacial score (nSPS) is 21.8. The van der Waals surface area contributed by atoms with Crippen LogP contribution in [0.2, 0.25) is 0 Å². The summed E-state index contributed by atoms with van der Waals surface area (Å²) in [5.41, 5.74) is -1.54. The first-order valence-electron chi connectivity index (χ1n) is 11.2. The van der Waals surface area contributed by atoms with Crippen LogP contribution in [0.3, 0.4) is 0 Å². The largest absolute Gasteiger partial charge is 0.455 e. The third kappa shape index (κ3) is 7.29. The molecule has 38 heavy (non-hydrogen) atoms. The Morgan fingerprint density at radius 2 is 1.82 bits per heavy atom. The van der Waals surface area contributed by atoms with Crippen LogP contribution in [-0.2, 0) is 47.6 Å². The van der Waals surface area contributed by atoms with Gasteiger partial charge in [-0.1, -0.05) is 13.3 Å². The van der Waals surface area contributed by atoms with E-state index in [1.807, 2.05) is 6.92 Å². The molecule has 3 atom stereocenters. The average Bonchev–Trinajstić information content (AvgIpc) is 3.36. The van der Waals surface area contributed by atoms with Gasteiger partial charge in [-0.2, -0.15) is 16.8 Å². The van der Waals surface area contributed by atoms with Crippen molar-refractivity contribution >= 4 is 51.2 Å². The van der Waals surface area contributed by atoms with Gasteiger partial charge in [0.05, 0.1) is 18.8 Å². The first kappa shape index (κ1) is 30.0. The summed E-state index contributed by atoms with van der Waals surface area (Å²) < 4.78 is 77.0. The fraction of sp³-hybridized carbons (Fsp3) is 0.684. The van der Waals surface area contributed by atoms with Gasteiger partial charge in [-0.3, -0.25) is 22.8 Å². The van der Waals surface area contributed by atoms with Gasteiger partial charge in [0.1, 0.15) is 25.6 Å². The molecule has 0 N–H and O–H groups in total. The number of nitrogens with zero attached hydrogens (tertiary/aromatic N) is 6. The predicted molar refractivity (Wildman–Crippen MR) is 130 cm³/mol. The molecule has 0 spiro atoms. The molecule has 2 radical (unpaired) electrons. The van der Waals surface area contributed by atoms with Crippen molar-refractivity contribution in [2.24, 2.45) is 10.1 Å². The van der Waals surface area contributed by atoms with Crippen molar-refractivity contribution in [2.75, 3.05) is 32.3 Å². The molecule has 3 rings (SSSR count). The average molecular weight is 574 g/mol. The van der Waals surface area contributed by atoms with E-state index in [1.54, 1.807) is 0 Å². The lowest BCUT2D eigenvalue weighted by Crippen LogP contribution is -2.53. The van der Waals surface area contributed by atoms with Crippen molar-refractivity contribution in [3.63, 3.8) is 0 Å². The van der Waals surface area contributed by atoms with Crippen LogP contribution in [0.25, 0.3) is 11.2 Å². The first-order chi connectivity index (χ1) is 17.8. The Hall–Kier alpha value is -2.58. The van der Waals surface area contributed by atoms with Crippen LogP contribution < -0.4 is 0 Å². The SMILES string of the molecule is [B]N=Nc1ncnc2c1ncn2[C@@H]1OC(COS(C)(=O)=O)(COS(C)(=O)=O)[C@H](OCCCC)C1OC(C)=O. The van der Waals surface area contributed by atoms with Gasteiger partial charge in [-0.25, -0.2) is 15.0 Å². The highest BCUT2D eigenvalue weighted by atomic mass is 32.2. The molecule has 2 aromatic heterocycles. The smallest absolute Gasteiger partial charge is 0.303 e. The van der Waals surface area contributed by atoms with Gasteiger partial charge in [0.15, 0.2) is 29.1 Å². The summed E-state index contributed by atoms with van der Waals surface area (Å²) >= 11 is 0. The molecule has 0 aliphatic carbocycles. The standard InChI is InChI=1S/C19H27BN6O10S2/c1-5-6-7-32-15-14(35-12(2)27)18(26-11-23-13-16(24-25-20)21-10-22-17(13)26)36-19(15,8-33-37(3,28)29)9-34-38(4,30)31/h10-11,14-15,18H,5-9H2,1-4H3/t14?,15-,18-/m1/s1. The molecule has 1 aliphatic heterocycles. The summed E-state index contributed by atoms with van der Waals surface area (Å²) in [5.74, 6) is -0.672. The fourth-order valence-electron chi connectivity index (χ4n) is 3.79. The monoisotopic (exact) mass is 574 g/mol. The maximum absolute atomic E-state index is 12.2. The molecule has 208 valence electrons. The van der Waals surface area contributed by atoms with E-state index in [-0.39, 0.29) is 23.6 Å². The summed E-state index contributed by atoms with van der Waals surface area (Å²) in [7, 11) is -2.92. The van der Waals surface area contributed by atoms with Gasteiger partial charge in [-0.15, -0.1) is 5.11 Å². The van der Waals surface area contributed by atoms with E-state index in [0.29, 0.717) is 6.42 Å². The molecule has 0 aromatic carbocycles. The Kier molecular flexibility index (Phi) is 9.53. The lowest BCUT2D eigenvalue weighted by atomic mass is 9.96. The second kappa shape index (κ2) is 12.1. The van der Waals surface area contributed by atoms with E-state index >= 15 is 0 Å². The Balaban J connectivity index is 2.18. The second-order valence-corrected chi connectivity index (χ2v) is 11.7. The van der Waals surface area contributed by atoms with Crippen molar-refractivity contribution in [1.82, 2.24) is 19.5 Å².